The lowest BCUT2D eigenvalue weighted by atomic mass is 10.0. The summed E-state index contributed by atoms with van der Waals surface area (Å²) in [4.78, 5) is 23.7. The van der Waals surface area contributed by atoms with Crippen LogP contribution in [0.1, 0.15) is 33.1 Å². The maximum atomic E-state index is 11.8. The van der Waals surface area contributed by atoms with Crippen molar-refractivity contribution in [1.29, 1.82) is 0 Å². The molecule has 0 amide bonds. The van der Waals surface area contributed by atoms with Crippen molar-refractivity contribution < 1.29 is 28.5 Å². The van der Waals surface area contributed by atoms with E-state index in [4.69, 9.17) is 18.9 Å². The monoisotopic (exact) mass is 272 g/mol. The molecule has 0 bridgehead atoms. The Balaban J connectivity index is 1.77. The Morgan fingerprint density at radius 1 is 0.789 bits per heavy atom. The van der Waals surface area contributed by atoms with Gasteiger partial charge in [0.1, 0.15) is 11.6 Å². The SMILES string of the molecule is CC1(CC(=O)CC(=O)CC2(C)OCCO2)OCCO1. The average Bonchev–Trinajstić information content (AvgIpc) is 2.87. The van der Waals surface area contributed by atoms with Gasteiger partial charge in [0.05, 0.1) is 45.7 Å². The van der Waals surface area contributed by atoms with Gasteiger partial charge in [-0.2, -0.15) is 0 Å². The van der Waals surface area contributed by atoms with Crippen molar-refractivity contribution in [2.75, 3.05) is 26.4 Å². The molecule has 0 aromatic rings. The van der Waals surface area contributed by atoms with Gasteiger partial charge in [-0.3, -0.25) is 9.59 Å². The molecule has 108 valence electrons. The van der Waals surface area contributed by atoms with E-state index in [1.165, 1.54) is 0 Å². The third-order valence-electron chi connectivity index (χ3n) is 3.23. The minimum Gasteiger partial charge on any atom is -0.347 e. The number of ether oxygens (including phenoxy) is 4. The van der Waals surface area contributed by atoms with Gasteiger partial charge in [-0.15, -0.1) is 0 Å². The van der Waals surface area contributed by atoms with Gasteiger partial charge >= 0.3 is 0 Å². The molecule has 0 atom stereocenters. The summed E-state index contributed by atoms with van der Waals surface area (Å²) in [6.07, 6.45) is 0.0545. The lowest BCUT2D eigenvalue weighted by Gasteiger charge is -2.22. The van der Waals surface area contributed by atoms with Crippen molar-refractivity contribution in [3.05, 3.63) is 0 Å². The normalized spacial score (nSPS) is 24.5. The van der Waals surface area contributed by atoms with Gasteiger partial charge in [-0.1, -0.05) is 0 Å². The summed E-state index contributed by atoms with van der Waals surface area (Å²) in [5, 5.41) is 0. The molecule has 2 heterocycles. The van der Waals surface area contributed by atoms with Gasteiger partial charge in [-0.05, 0) is 13.8 Å². The maximum Gasteiger partial charge on any atom is 0.172 e. The van der Waals surface area contributed by atoms with Crippen LogP contribution in [0.2, 0.25) is 0 Å². The number of rotatable bonds is 6. The highest BCUT2D eigenvalue weighted by Gasteiger charge is 2.36. The van der Waals surface area contributed by atoms with Crippen LogP contribution in [-0.4, -0.2) is 49.6 Å². The van der Waals surface area contributed by atoms with E-state index >= 15 is 0 Å². The zero-order valence-electron chi connectivity index (χ0n) is 11.4. The van der Waals surface area contributed by atoms with Gasteiger partial charge in [-0.25, -0.2) is 0 Å². The quantitative estimate of drug-likeness (QED) is 0.667. The number of carbonyl (C=O) groups is 2. The van der Waals surface area contributed by atoms with E-state index in [1.54, 1.807) is 13.8 Å². The number of Topliss-reactive ketones (excluding diaryl/α,β-unsaturated/α-hetero) is 2. The molecule has 6 nitrogen and oxygen atoms in total. The van der Waals surface area contributed by atoms with Crippen molar-refractivity contribution in [2.45, 2.75) is 44.7 Å². The van der Waals surface area contributed by atoms with Crippen molar-refractivity contribution in [3.8, 4) is 0 Å². The summed E-state index contributed by atoms with van der Waals surface area (Å²) in [6, 6.07) is 0. The molecule has 0 saturated carbocycles. The molecule has 0 N–H and O–H groups in total. The summed E-state index contributed by atoms with van der Waals surface area (Å²) < 4.78 is 21.4. The molecular weight excluding hydrogens is 252 g/mol. The Morgan fingerprint density at radius 2 is 1.11 bits per heavy atom. The molecule has 0 radical (unpaired) electrons. The largest absolute Gasteiger partial charge is 0.347 e. The van der Waals surface area contributed by atoms with Crippen LogP contribution in [0.4, 0.5) is 0 Å². The van der Waals surface area contributed by atoms with Gasteiger partial charge in [0.25, 0.3) is 0 Å². The second kappa shape index (κ2) is 5.66. The fourth-order valence-electron chi connectivity index (χ4n) is 2.38. The van der Waals surface area contributed by atoms with Crippen LogP contribution in [0.5, 0.6) is 0 Å². The van der Waals surface area contributed by atoms with Gasteiger partial charge in [0.2, 0.25) is 0 Å². The Morgan fingerprint density at radius 3 is 1.42 bits per heavy atom. The van der Waals surface area contributed by atoms with Crippen LogP contribution in [0, 0.1) is 0 Å². The summed E-state index contributed by atoms with van der Waals surface area (Å²) in [7, 11) is 0. The second-order valence-electron chi connectivity index (χ2n) is 5.27. The third-order valence-corrected chi connectivity index (χ3v) is 3.23. The highest BCUT2D eigenvalue weighted by atomic mass is 16.7. The van der Waals surface area contributed by atoms with E-state index in [1.807, 2.05) is 0 Å². The topological polar surface area (TPSA) is 71.1 Å². The molecule has 2 aliphatic rings. The van der Waals surface area contributed by atoms with Gasteiger partial charge < -0.3 is 18.9 Å². The smallest absolute Gasteiger partial charge is 0.172 e. The van der Waals surface area contributed by atoms with Crippen LogP contribution in [-0.2, 0) is 28.5 Å². The lowest BCUT2D eigenvalue weighted by Crippen LogP contribution is -2.32. The van der Waals surface area contributed by atoms with Crippen LogP contribution in [0.15, 0.2) is 0 Å². The first-order valence-corrected chi connectivity index (χ1v) is 6.50. The highest BCUT2D eigenvalue weighted by molar-refractivity contribution is 5.99. The van der Waals surface area contributed by atoms with Crippen LogP contribution in [0.25, 0.3) is 0 Å². The molecule has 0 spiro atoms. The predicted octanol–water partition coefficient (Wildman–Crippen LogP) is 0.821. The van der Waals surface area contributed by atoms with E-state index in [9.17, 15) is 9.59 Å². The molecule has 0 aromatic heterocycles. The van der Waals surface area contributed by atoms with E-state index in [2.05, 4.69) is 0 Å². The van der Waals surface area contributed by atoms with Crippen molar-refractivity contribution in [2.24, 2.45) is 0 Å². The molecule has 6 heteroatoms. The molecule has 19 heavy (non-hydrogen) atoms. The van der Waals surface area contributed by atoms with E-state index in [0.717, 1.165) is 0 Å². The minimum absolute atomic E-state index is 0.0944. The molecule has 2 saturated heterocycles. The van der Waals surface area contributed by atoms with E-state index < -0.39 is 11.6 Å². The summed E-state index contributed by atoms with van der Waals surface area (Å²) in [5.74, 6) is -2.12. The minimum atomic E-state index is -0.873. The van der Waals surface area contributed by atoms with Crippen molar-refractivity contribution in [1.82, 2.24) is 0 Å². The van der Waals surface area contributed by atoms with Crippen molar-refractivity contribution in [3.63, 3.8) is 0 Å². The summed E-state index contributed by atoms with van der Waals surface area (Å²) in [6.45, 7) is 5.36. The Hall–Kier alpha value is -0.820. The first-order valence-electron chi connectivity index (χ1n) is 6.50. The molecule has 0 aromatic carbocycles. The Labute approximate surface area is 112 Å². The molecule has 0 aliphatic carbocycles. The number of hydrogen-bond acceptors (Lipinski definition) is 6. The van der Waals surface area contributed by atoms with Crippen LogP contribution < -0.4 is 0 Å². The van der Waals surface area contributed by atoms with Crippen molar-refractivity contribution >= 4 is 11.6 Å². The first-order chi connectivity index (χ1) is 8.91. The zero-order chi connectivity index (χ0) is 13.9. The fraction of sp³-hybridized carbons (Fsp3) is 0.846. The van der Waals surface area contributed by atoms with E-state index in [0.29, 0.717) is 26.4 Å². The third kappa shape index (κ3) is 4.07. The second-order valence-corrected chi connectivity index (χ2v) is 5.27. The fourth-order valence-corrected chi connectivity index (χ4v) is 2.38. The molecule has 2 fully saturated rings. The van der Waals surface area contributed by atoms with Crippen LogP contribution in [0.3, 0.4) is 0 Å². The maximum absolute atomic E-state index is 11.8. The average molecular weight is 272 g/mol. The summed E-state index contributed by atoms with van der Waals surface area (Å²) in [5.41, 5.74) is 0. The highest BCUT2D eigenvalue weighted by Crippen LogP contribution is 2.26. The van der Waals surface area contributed by atoms with E-state index in [-0.39, 0.29) is 30.8 Å². The molecule has 2 aliphatic heterocycles. The number of ketones is 2. The Kier molecular flexibility index (Phi) is 4.35. The summed E-state index contributed by atoms with van der Waals surface area (Å²) >= 11 is 0. The standard InChI is InChI=1S/C13H20O6/c1-12(16-3-4-17-12)8-10(14)7-11(15)9-13(2)18-5-6-19-13/h3-9H2,1-2H3. The van der Waals surface area contributed by atoms with Gasteiger partial charge in [0.15, 0.2) is 11.6 Å². The lowest BCUT2D eigenvalue weighted by molar-refractivity contribution is -0.163. The number of hydrogen-bond donors (Lipinski definition) is 0. The zero-order valence-corrected chi connectivity index (χ0v) is 11.4. The van der Waals surface area contributed by atoms with Crippen LogP contribution >= 0.6 is 0 Å². The predicted molar refractivity (Wildman–Crippen MR) is 64.5 cm³/mol. The molecular formula is C13H20O6. The molecule has 2 rings (SSSR count). The molecule has 0 unspecified atom stereocenters. The first kappa shape index (κ1) is 14.6. The Bertz CT molecular complexity index is 318. The number of carbonyl (C=O) groups excluding carboxylic acids is 2. The van der Waals surface area contributed by atoms with Gasteiger partial charge in [0, 0.05) is 0 Å².